The van der Waals surface area contributed by atoms with Gasteiger partial charge in [-0.3, -0.25) is 0 Å². The summed E-state index contributed by atoms with van der Waals surface area (Å²) in [6.07, 6.45) is 2.49. The highest BCUT2D eigenvalue weighted by Crippen LogP contribution is 2.23. The van der Waals surface area contributed by atoms with Crippen molar-refractivity contribution in [2.75, 3.05) is 19.6 Å². The summed E-state index contributed by atoms with van der Waals surface area (Å²) in [5.41, 5.74) is 7.23. The van der Waals surface area contributed by atoms with Gasteiger partial charge in [-0.15, -0.1) is 0 Å². The molecule has 3 heteroatoms. The van der Waals surface area contributed by atoms with Gasteiger partial charge in [0.2, 0.25) is 0 Å². The van der Waals surface area contributed by atoms with Crippen LogP contribution in [-0.2, 0) is 0 Å². The van der Waals surface area contributed by atoms with Gasteiger partial charge in [-0.2, -0.15) is 0 Å². The molecule has 1 heterocycles. The van der Waals surface area contributed by atoms with Crippen LogP contribution in [0.5, 0.6) is 0 Å². The molecule has 1 fully saturated rings. The molecule has 1 aliphatic rings. The lowest BCUT2D eigenvalue weighted by Gasteiger charge is -2.36. The van der Waals surface area contributed by atoms with E-state index in [1.165, 1.54) is 18.4 Å². The third kappa shape index (κ3) is 4.02. The van der Waals surface area contributed by atoms with Crippen molar-refractivity contribution in [2.24, 2.45) is 11.7 Å². The Kier molecular flexibility index (Phi) is 4.94. The first-order chi connectivity index (χ1) is 9.06. The van der Waals surface area contributed by atoms with Gasteiger partial charge in [-0.1, -0.05) is 19.1 Å². The molecule has 1 saturated heterocycles. The van der Waals surface area contributed by atoms with Crippen LogP contribution in [0.1, 0.15) is 38.2 Å². The average molecular weight is 264 g/mol. The zero-order chi connectivity index (χ0) is 13.8. The summed E-state index contributed by atoms with van der Waals surface area (Å²) in [4.78, 5) is 2.51. The molecule has 1 aromatic carbocycles. The fourth-order valence-electron chi connectivity index (χ4n) is 2.97. The molecule has 3 unspecified atom stereocenters. The van der Waals surface area contributed by atoms with Gasteiger partial charge in [-0.05, 0) is 55.8 Å². The van der Waals surface area contributed by atoms with Crippen molar-refractivity contribution in [2.45, 2.75) is 38.6 Å². The van der Waals surface area contributed by atoms with Crippen LogP contribution in [0.3, 0.4) is 0 Å². The van der Waals surface area contributed by atoms with Crippen LogP contribution in [0.15, 0.2) is 24.3 Å². The zero-order valence-corrected chi connectivity index (χ0v) is 12.0. The van der Waals surface area contributed by atoms with E-state index in [-0.39, 0.29) is 11.9 Å². The van der Waals surface area contributed by atoms with Gasteiger partial charge in [0, 0.05) is 19.1 Å². The van der Waals surface area contributed by atoms with Crippen molar-refractivity contribution < 1.29 is 4.39 Å². The van der Waals surface area contributed by atoms with Crippen molar-refractivity contribution in [3.05, 3.63) is 35.6 Å². The molecule has 0 aromatic heterocycles. The zero-order valence-electron chi connectivity index (χ0n) is 12.0. The Morgan fingerprint density at radius 2 is 2.00 bits per heavy atom. The monoisotopic (exact) mass is 264 g/mol. The van der Waals surface area contributed by atoms with Gasteiger partial charge in [0.05, 0.1) is 0 Å². The minimum Gasteiger partial charge on any atom is -0.328 e. The van der Waals surface area contributed by atoms with Crippen LogP contribution in [-0.4, -0.2) is 30.6 Å². The summed E-state index contributed by atoms with van der Waals surface area (Å²) in [5, 5.41) is 0. The quantitative estimate of drug-likeness (QED) is 0.906. The van der Waals surface area contributed by atoms with E-state index < -0.39 is 0 Å². The first kappa shape index (κ1) is 14.5. The molecule has 1 aromatic rings. The molecule has 0 amide bonds. The highest BCUT2D eigenvalue weighted by Gasteiger charge is 2.23. The number of hydrogen-bond acceptors (Lipinski definition) is 2. The second-order valence-electron chi connectivity index (χ2n) is 5.97. The minimum absolute atomic E-state index is 0.161. The minimum atomic E-state index is -0.161. The van der Waals surface area contributed by atoms with Crippen molar-refractivity contribution in [3.63, 3.8) is 0 Å². The molecular weight excluding hydrogens is 239 g/mol. The lowest BCUT2D eigenvalue weighted by Crippen LogP contribution is -2.43. The van der Waals surface area contributed by atoms with E-state index >= 15 is 0 Å². The Labute approximate surface area is 115 Å². The SMILES string of the molecule is CC(CN1CCCC(C(C)N)C1)c1ccc(F)cc1. The number of halogens is 1. The molecule has 0 spiro atoms. The van der Waals surface area contributed by atoms with Crippen molar-refractivity contribution in [1.82, 2.24) is 4.90 Å². The van der Waals surface area contributed by atoms with Crippen LogP contribution in [0.2, 0.25) is 0 Å². The maximum atomic E-state index is 12.9. The van der Waals surface area contributed by atoms with Gasteiger partial charge in [0.1, 0.15) is 5.82 Å². The van der Waals surface area contributed by atoms with Crippen LogP contribution >= 0.6 is 0 Å². The van der Waals surface area contributed by atoms with Gasteiger partial charge in [0.25, 0.3) is 0 Å². The number of hydrogen-bond donors (Lipinski definition) is 1. The third-order valence-electron chi connectivity index (χ3n) is 4.26. The Balaban J connectivity index is 1.91. The molecule has 1 aliphatic heterocycles. The smallest absolute Gasteiger partial charge is 0.123 e. The summed E-state index contributed by atoms with van der Waals surface area (Å²) in [6, 6.07) is 7.17. The van der Waals surface area contributed by atoms with E-state index in [0.29, 0.717) is 11.8 Å². The normalized spacial score (nSPS) is 24.1. The van der Waals surface area contributed by atoms with E-state index in [9.17, 15) is 4.39 Å². The molecule has 0 bridgehead atoms. The fourth-order valence-corrected chi connectivity index (χ4v) is 2.97. The Hall–Kier alpha value is -0.930. The first-order valence-corrected chi connectivity index (χ1v) is 7.29. The largest absolute Gasteiger partial charge is 0.328 e. The summed E-state index contributed by atoms with van der Waals surface area (Å²) in [5.74, 6) is 0.896. The van der Waals surface area contributed by atoms with Gasteiger partial charge < -0.3 is 10.6 Å². The van der Waals surface area contributed by atoms with Crippen LogP contribution in [0, 0.1) is 11.7 Å². The number of piperidine rings is 1. The standard InChI is InChI=1S/C16H25FN2/c1-12(14-5-7-16(17)8-6-14)10-19-9-3-4-15(11-19)13(2)18/h5-8,12-13,15H,3-4,9-11,18H2,1-2H3. The Morgan fingerprint density at radius 1 is 1.32 bits per heavy atom. The van der Waals surface area contributed by atoms with E-state index in [0.717, 1.165) is 19.6 Å². The number of nitrogens with zero attached hydrogens (tertiary/aromatic N) is 1. The summed E-state index contributed by atoms with van der Waals surface area (Å²) < 4.78 is 12.9. The van der Waals surface area contributed by atoms with Gasteiger partial charge >= 0.3 is 0 Å². The molecule has 0 saturated carbocycles. The predicted octanol–water partition coefficient (Wildman–Crippen LogP) is 2.99. The van der Waals surface area contributed by atoms with Crippen LogP contribution in [0.25, 0.3) is 0 Å². The highest BCUT2D eigenvalue weighted by atomic mass is 19.1. The third-order valence-corrected chi connectivity index (χ3v) is 4.26. The summed E-state index contributed by atoms with van der Waals surface area (Å²) in [7, 11) is 0. The number of nitrogens with two attached hydrogens (primary N) is 1. The average Bonchev–Trinajstić information content (AvgIpc) is 2.39. The molecule has 2 nitrogen and oxygen atoms in total. The fraction of sp³-hybridized carbons (Fsp3) is 0.625. The Bertz CT molecular complexity index is 388. The lowest BCUT2D eigenvalue weighted by atomic mass is 9.91. The number of benzene rings is 1. The molecule has 3 atom stereocenters. The maximum absolute atomic E-state index is 12.9. The lowest BCUT2D eigenvalue weighted by molar-refractivity contribution is 0.155. The molecule has 106 valence electrons. The molecule has 2 rings (SSSR count). The number of likely N-dealkylation sites (tertiary alicyclic amines) is 1. The van der Waals surface area contributed by atoms with Gasteiger partial charge in [0.15, 0.2) is 0 Å². The predicted molar refractivity (Wildman–Crippen MR) is 77.6 cm³/mol. The van der Waals surface area contributed by atoms with Crippen molar-refractivity contribution in [1.29, 1.82) is 0 Å². The van der Waals surface area contributed by atoms with E-state index in [1.807, 2.05) is 12.1 Å². The first-order valence-electron chi connectivity index (χ1n) is 7.29. The van der Waals surface area contributed by atoms with Crippen LogP contribution < -0.4 is 5.73 Å². The van der Waals surface area contributed by atoms with Crippen molar-refractivity contribution in [3.8, 4) is 0 Å². The second kappa shape index (κ2) is 6.49. The van der Waals surface area contributed by atoms with Crippen molar-refractivity contribution >= 4 is 0 Å². The second-order valence-corrected chi connectivity index (χ2v) is 5.97. The summed E-state index contributed by atoms with van der Waals surface area (Å²) >= 11 is 0. The molecule has 2 N–H and O–H groups in total. The van der Waals surface area contributed by atoms with Crippen LogP contribution in [0.4, 0.5) is 4.39 Å². The van der Waals surface area contributed by atoms with Gasteiger partial charge in [-0.25, -0.2) is 4.39 Å². The Morgan fingerprint density at radius 3 is 2.63 bits per heavy atom. The molecule has 0 aliphatic carbocycles. The topological polar surface area (TPSA) is 29.3 Å². The molecule has 0 radical (unpaired) electrons. The summed E-state index contributed by atoms with van der Waals surface area (Å²) in [6.45, 7) is 7.62. The number of rotatable bonds is 4. The van der Waals surface area contributed by atoms with E-state index in [1.54, 1.807) is 12.1 Å². The molecular formula is C16H25FN2. The highest BCUT2D eigenvalue weighted by molar-refractivity contribution is 5.20. The van der Waals surface area contributed by atoms with E-state index in [4.69, 9.17) is 5.73 Å². The van der Waals surface area contributed by atoms with E-state index in [2.05, 4.69) is 18.7 Å². The maximum Gasteiger partial charge on any atom is 0.123 e. The molecule has 19 heavy (non-hydrogen) atoms.